The fraction of sp³-hybridized carbons (Fsp3) is 0.682. The lowest BCUT2D eigenvalue weighted by atomic mass is 9.72. The molecule has 5 heteroatoms. The first-order valence-corrected chi connectivity index (χ1v) is 10.4. The van der Waals surface area contributed by atoms with Gasteiger partial charge in [-0.1, -0.05) is 49.6 Å². The number of halogens is 1. The van der Waals surface area contributed by atoms with Crippen LogP contribution in [0.15, 0.2) is 35.3 Å². The summed E-state index contributed by atoms with van der Waals surface area (Å²) in [6.07, 6.45) is 8.45. The molecule has 27 heavy (non-hydrogen) atoms. The Morgan fingerprint density at radius 3 is 2.56 bits per heavy atom. The molecule has 2 saturated carbocycles. The maximum Gasteiger partial charge on any atom is 0.191 e. The molecular weight excluding hydrogens is 449 g/mol. The summed E-state index contributed by atoms with van der Waals surface area (Å²) in [5.41, 5.74) is 1.67. The number of guanidine groups is 1. The molecule has 2 aliphatic rings. The van der Waals surface area contributed by atoms with Gasteiger partial charge in [-0.05, 0) is 55.4 Å². The second-order valence-electron chi connectivity index (χ2n) is 8.12. The van der Waals surface area contributed by atoms with Crippen LogP contribution in [0.3, 0.4) is 0 Å². The minimum atomic E-state index is 0. The van der Waals surface area contributed by atoms with Gasteiger partial charge in [0.15, 0.2) is 5.96 Å². The van der Waals surface area contributed by atoms with E-state index in [2.05, 4.69) is 47.9 Å². The Hall–Kier alpha value is -0.820. The SMILES string of the molecule is CCNC(=NCC1(CCO)CCCCC1)NCC1CC1c1ccccc1.I. The molecular formula is C22H36IN3O. The lowest BCUT2D eigenvalue weighted by molar-refractivity contribution is 0.137. The highest BCUT2D eigenvalue weighted by molar-refractivity contribution is 14.0. The molecule has 0 heterocycles. The molecule has 1 aromatic rings. The topological polar surface area (TPSA) is 56.7 Å². The highest BCUT2D eigenvalue weighted by Crippen LogP contribution is 2.46. The lowest BCUT2D eigenvalue weighted by Crippen LogP contribution is -2.40. The fourth-order valence-corrected chi connectivity index (χ4v) is 4.42. The Bertz CT molecular complexity index is 567. The van der Waals surface area contributed by atoms with Crippen LogP contribution in [0.2, 0.25) is 0 Å². The summed E-state index contributed by atoms with van der Waals surface area (Å²) in [4.78, 5) is 4.91. The third-order valence-electron chi connectivity index (χ3n) is 6.16. The van der Waals surface area contributed by atoms with Crippen molar-refractivity contribution in [3.63, 3.8) is 0 Å². The van der Waals surface area contributed by atoms with E-state index in [-0.39, 0.29) is 36.0 Å². The van der Waals surface area contributed by atoms with Crippen LogP contribution in [0.5, 0.6) is 0 Å². The van der Waals surface area contributed by atoms with Crippen LogP contribution in [0.1, 0.15) is 63.4 Å². The van der Waals surface area contributed by atoms with E-state index in [1.165, 1.54) is 44.1 Å². The predicted molar refractivity (Wildman–Crippen MR) is 124 cm³/mol. The van der Waals surface area contributed by atoms with Gasteiger partial charge in [0.2, 0.25) is 0 Å². The number of nitrogens with one attached hydrogen (secondary N) is 2. The molecule has 0 aromatic heterocycles. The van der Waals surface area contributed by atoms with Gasteiger partial charge in [0.1, 0.15) is 0 Å². The van der Waals surface area contributed by atoms with Crippen LogP contribution >= 0.6 is 24.0 Å². The molecule has 2 unspecified atom stereocenters. The number of nitrogens with zero attached hydrogens (tertiary/aromatic N) is 1. The standard InChI is InChI=1S/C22H35N3O.HI/c1-2-23-21(25-17-22(13-14-26)11-7-4-8-12-22)24-16-19-15-20(19)18-9-5-3-6-10-18;/h3,5-6,9-10,19-20,26H,2,4,7-8,11-17H2,1H3,(H2,23,24,25);1H. The third-order valence-corrected chi connectivity index (χ3v) is 6.16. The molecule has 2 fully saturated rings. The van der Waals surface area contributed by atoms with Crippen LogP contribution in [0.4, 0.5) is 0 Å². The number of aliphatic imine (C=N–C) groups is 1. The average molecular weight is 485 g/mol. The van der Waals surface area contributed by atoms with Crippen molar-refractivity contribution in [2.45, 2.75) is 57.8 Å². The molecule has 0 saturated heterocycles. The van der Waals surface area contributed by atoms with Gasteiger partial charge in [-0.3, -0.25) is 4.99 Å². The van der Waals surface area contributed by atoms with Gasteiger partial charge < -0.3 is 15.7 Å². The van der Waals surface area contributed by atoms with Gasteiger partial charge in [-0.25, -0.2) is 0 Å². The van der Waals surface area contributed by atoms with E-state index >= 15 is 0 Å². The zero-order chi connectivity index (χ0) is 18.2. The Morgan fingerprint density at radius 2 is 1.89 bits per heavy atom. The fourth-order valence-electron chi connectivity index (χ4n) is 4.42. The normalized spacial score (nSPS) is 24.0. The Kier molecular flexibility index (Phi) is 9.36. The average Bonchev–Trinajstić information content (AvgIpc) is 3.46. The first-order valence-electron chi connectivity index (χ1n) is 10.4. The van der Waals surface area contributed by atoms with Crippen LogP contribution in [-0.2, 0) is 0 Å². The van der Waals surface area contributed by atoms with Gasteiger partial charge >= 0.3 is 0 Å². The van der Waals surface area contributed by atoms with Crippen molar-refractivity contribution in [1.82, 2.24) is 10.6 Å². The maximum atomic E-state index is 9.49. The lowest BCUT2D eigenvalue weighted by Gasteiger charge is -2.35. The quantitative estimate of drug-likeness (QED) is 0.293. The van der Waals surface area contributed by atoms with Crippen molar-refractivity contribution in [2.24, 2.45) is 16.3 Å². The van der Waals surface area contributed by atoms with Gasteiger partial charge in [-0.15, -0.1) is 24.0 Å². The molecule has 3 N–H and O–H groups in total. The van der Waals surface area contributed by atoms with Crippen LogP contribution in [-0.4, -0.2) is 37.3 Å². The first-order chi connectivity index (χ1) is 12.8. The van der Waals surface area contributed by atoms with Gasteiger partial charge in [-0.2, -0.15) is 0 Å². The molecule has 0 amide bonds. The summed E-state index contributed by atoms with van der Waals surface area (Å²) < 4.78 is 0. The van der Waals surface area contributed by atoms with E-state index < -0.39 is 0 Å². The van der Waals surface area contributed by atoms with Crippen molar-refractivity contribution in [3.8, 4) is 0 Å². The molecule has 0 aliphatic heterocycles. The number of hydrogen-bond donors (Lipinski definition) is 3. The molecule has 3 rings (SSSR count). The molecule has 2 aliphatic carbocycles. The van der Waals surface area contributed by atoms with E-state index in [4.69, 9.17) is 4.99 Å². The zero-order valence-corrected chi connectivity index (χ0v) is 19.0. The zero-order valence-electron chi connectivity index (χ0n) is 16.6. The van der Waals surface area contributed by atoms with E-state index in [1.54, 1.807) is 0 Å². The summed E-state index contributed by atoms with van der Waals surface area (Å²) >= 11 is 0. The van der Waals surface area contributed by atoms with Crippen LogP contribution in [0.25, 0.3) is 0 Å². The second kappa shape index (κ2) is 11.2. The highest BCUT2D eigenvalue weighted by atomic mass is 127. The van der Waals surface area contributed by atoms with Crippen molar-refractivity contribution >= 4 is 29.9 Å². The number of benzene rings is 1. The number of aliphatic hydroxyl groups is 1. The van der Waals surface area contributed by atoms with E-state index in [0.29, 0.717) is 11.8 Å². The van der Waals surface area contributed by atoms with Gasteiger partial charge in [0, 0.05) is 26.2 Å². The minimum Gasteiger partial charge on any atom is -0.396 e. The van der Waals surface area contributed by atoms with E-state index in [9.17, 15) is 5.11 Å². The van der Waals surface area contributed by atoms with Crippen molar-refractivity contribution in [1.29, 1.82) is 0 Å². The number of rotatable bonds is 8. The molecule has 0 radical (unpaired) electrons. The molecule has 0 spiro atoms. The largest absolute Gasteiger partial charge is 0.396 e. The van der Waals surface area contributed by atoms with Crippen LogP contribution in [0, 0.1) is 11.3 Å². The molecule has 152 valence electrons. The molecule has 2 atom stereocenters. The highest BCUT2D eigenvalue weighted by Gasteiger charge is 2.38. The molecule has 4 nitrogen and oxygen atoms in total. The maximum absolute atomic E-state index is 9.49. The Labute approximate surface area is 181 Å². The number of hydrogen-bond acceptors (Lipinski definition) is 2. The van der Waals surface area contributed by atoms with Crippen molar-refractivity contribution in [2.75, 3.05) is 26.2 Å². The summed E-state index contributed by atoms with van der Waals surface area (Å²) in [6, 6.07) is 10.8. The smallest absolute Gasteiger partial charge is 0.191 e. The second-order valence-corrected chi connectivity index (χ2v) is 8.12. The monoisotopic (exact) mass is 485 g/mol. The Balaban J connectivity index is 0.00000261. The van der Waals surface area contributed by atoms with E-state index in [0.717, 1.165) is 32.0 Å². The predicted octanol–water partition coefficient (Wildman–Crippen LogP) is 4.30. The summed E-state index contributed by atoms with van der Waals surface area (Å²) in [6.45, 7) is 5.09. The third kappa shape index (κ3) is 6.63. The number of aliphatic hydroxyl groups excluding tert-OH is 1. The summed E-state index contributed by atoms with van der Waals surface area (Å²) in [7, 11) is 0. The molecule has 0 bridgehead atoms. The Morgan fingerprint density at radius 1 is 1.15 bits per heavy atom. The van der Waals surface area contributed by atoms with Gasteiger partial charge in [0.05, 0.1) is 0 Å². The van der Waals surface area contributed by atoms with Crippen molar-refractivity contribution < 1.29 is 5.11 Å². The minimum absolute atomic E-state index is 0. The van der Waals surface area contributed by atoms with E-state index in [1.807, 2.05) is 0 Å². The first kappa shape index (κ1) is 22.5. The van der Waals surface area contributed by atoms with Crippen molar-refractivity contribution in [3.05, 3.63) is 35.9 Å². The molecule has 1 aromatic carbocycles. The summed E-state index contributed by atoms with van der Waals surface area (Å²) in [5.74, 6) is 2.35. The summed E-state index contributed by atoms with van der Waals surface area (Å²) in [5, 5.41) is 16.4. The van der Waals surface area contributed by atoms with Gasteiger partial charge in [0.25, 0.3) is 0 Å². The van der Waals surface area contributed by atoms with Crippen LogP contribution < -0.4 is 10.6 Å².